The number of hydrogen-bond donors (Lipinski definition) is 1. The van der Waals surface area contributed by atoms with Gasteiger partial charge in [-0.05, 0) is 48.9 Å². The van der Waals surface area contributed by atoms with Crippen LogP contribution in [0.5, 0.6) is 11.5 Å². The molecule has 0 saturated carbocycles. The molecule has 0 aliphatic rings. The highest BCUT2D eigenvalue weighted by atomic mass is 19.1. The lowest BCUT2D eigenvalue weighted by atomic mass is 10.2. The summed E-state index contributed by atoms with van der Waals surface area (Å²) in [5, 5.41) is 3.88. The first kappa shape index (κ1) is 19.8. The number of carbonyl (C=O) groups is 2. The fourth-order valence-electron chi connectivity index (χ4n) is 2.48. The minimum Gasteiger partial charge on any atom is -0.493 e. The predicted octanol–water partition coefficient (Wildman–Crippen LogP) is 3.72. The Bertz CT molecular complexity index is 1070. The number of ether oxygens (including phenoxy) is 2. The molecule has 0 spiro atoms. The number of esters is 1. The van der Waals surface area contributed by atoms with Gasteiger partial charge in [-0.2, -0.15) is 5.10 Å². The average molecular weight is 396 g/mol. The van der Waals surface area contributed by atoms with Crippen molar-refractivity contribution in [1.82, 2.24) is 5.43 Å². The number of nitrogens with one attached hydrogen (secondary N) is 1. The SMILES string of the molecule is COc1cc(/C=N\NC(=O)c2ccoc2C)ccc1OC(=O)c1ccccc1F. The fraction of sp³-hybridized carbons (Fsp3) is 0.0952. The van der Waals surface area contributed by atoms with E-state index in [0.29, 0.717) is 16.9 Å². The summed E-state index contributed by atoms with van der Waals surface area (Å²) >= 11 is 0. The first-order valence-electron chi connectivity index (χ1n) is 8.52. The maximum Gasteiger partial charge on any atom is 0.346 e. The molecular weight excluding hydrogens is 379 g/mol. The molecular formula is C21H17FN2O5. The van der Waals surface area contributed by atoms with Gasteiger partial charge < -0.3 is 13.9 Å². The van der Waals surface area contributed by atoms with Crippen molar-refractivity contribution in [2.45, 2.75) is 6.92 Å². The van der Waals surface area contributed by atoms with E-state index in [4.69, 9.17) is 13.9 Å². The highest BCUT2D eigenvalue weighted by Crippen LogP contribution is 2.28. The Labute approximate surface area is 165 Å². The zero-order valence-electron chi connectivity index (χ0n) is 15.6. The van der Waals surface area contributed by atoms with Crippen LogP contribution in [-0.2, 0) is 0 Å². The van der Waals surface area contributed by atoms with Gasteiger partial charge in [0, 0.05) is 0 Å². The highest BCUT2D eigenvalue weighted by Gasteiger charge is 2.16. The van der Waals surface area contributed by atoms with Gasteiger partial charge in [0.25, 0.3) is 5.91 Å². The number of aryl methyl sites for hydroxylation is 1. The number of methoxy groups -OCH3 is 1. The Morgan fingerprint density at radius 3 is 2.59 bits per heavy atom. The molecule has 29 heavy (non-hydrogen) atoms. The molecule has 0 radical (unpaired) electrons. The second kappa shape index (κ2) is 8.83. The lowest BCUT2D eigenvalue weighted by Crippen LogP contribution is -2.17. The first-order chi connectivity index (χ1) is 14.0. The third-order valence-electron chi connectivity index (χ3n) is 3.97. The molecule has 1 aromatic heterocycles. The summed E-state index contributed by atoms with van der Waals surface area (Å²) in [5.74, 6) is -1.07. The zero-order chi connectivity index (χ0) is 20.8. The second-order valence-electron chi connectivity index (χ2n) is 5.87. The Balaban J connectivity index is 1.70. The van der Waals surface area contributed by atoms with E-state index in [1.807, 2.05) is 0 Å². The summed E-state index contributed by atoms with van der Waals surface area (Å²) in [6.45, 7) is 1.67. The van der Waals surface area contributed by atoms with Gasteiger partial charge in [0.2, 0.25) is 0 Å². The number of furan rings is 1. The van der Waals surface area contributed by atoms with Crippen LogP contribution in [0.4, 0.5) is 4.39 Å². The maximum atomic E-state index is 13.7. The third-order valence-corrected chi connectivity index (χ3v) is 3.97. The molecule has 7 nitrogen and oxygen atoms in total. The van der Waals surface area contributed by atoms with Gasteiger partial charge in [-0.25, -0.2) is 14.6 Å². The minimum absolute atomic E-state index is 0.121. The zero-order valence-corrected chi connectivity index (χ0v) is 15.6. The molecule has 3 aromatic rings. The Hall–Kier alpha value is -3.94. The lowest BCUT2D eigenvalue weighted by molar-refractivity contribution is 0.0724. The molecule has 0 aliphatic carbocycles. The number of rotatable bonds is 6. The molecule has 0 bridgehead atoms. The van der Waals surface area contributed by atoms with Crippen LogP contribution in [0.1, 0.15) is 32.0 Å². The van der Waals surface area contributed by atoms with Crippen molar-refractivity contribution in [3.05, 3.63) is 83.1 Å². The van der Waals surface area contributed by atoms with Crippen molar-refractivity contribution in [2.24, 2.45) is 5.10 Å². The topological polar surface area (TPSA) is 90.1 Å². The molecule has 0 aliphatic heterocycles. The van der Waals surface area contributed by atoms with E-state index in [-0.39, 0.29) is 17.1 Å². The number of carbonyl (C=O) groups excluding carboxylic acids is 2. The van der Waals surface area contributed by atoms with Gasteiger partial charge in [0.05, 0.1) is 30.7 Å². The van der Waals surface area contributed by atoms with Gasteiger partial charge in [0.15, 0.2) is 11.5 Å². The van der Waals surface area contributed by atoms with Crippen molar-refractivity contribution in [3.63, 3.8) is 0 Å². The summed E-state index contributed by atoms with van der Waals surface area (Å²) in [6.07, 6.45) is 2.82. The molecule has 1 N–H and O–H groups in total. The van der Waals surface area contributed by atoms with Crippen LogP contribution in [0.2, 0.25) is 0 Å². The van der Waals surface area contributed by atoms with Crippen LogP contribution >= 0.6 is 0 Å². The van der Waals surface area contributed by atoms with Crippen molar-refractivity contribution in [2.75, 3.05) is 7.11 Å². The molecule has 1 amide bonds. The summed E-state index contributed by atoms with van der Waals surface area (Å²) < 4.78 is 29.3. The number of hydrazone groups is 1. The van der Waals surface area contributed by atoms with Gasteiger partial charge >= 0.3 is 5.97 Å². The lowest BCUT2D eigenvalue weighted by Gasteiger charge is -2.10. The molecule has 0 atom stereocenters. The third kappa shape index (κ3) is 4.67. The molecule has 3 rings (SSSR count). The van der Waals surface area contributed by atoms with Crippen LogP contribution in [0.3, 0.4) is 0 Å². The summed E-state index contributed by atoms with van der Waals surface area (Å²) in [7, 11) is 1.40. The van der Waals surface area contributed by atoms with Gasteiger partial charge in [0.1, 0.15) is 11.6 Å². The van der Waals surface area contributed by atoms with E-state index in [2.05, 4.69) is 10.5 Å². The molecule has 0 fully saturated rings. The van der Waals surface area contributed by atoms with Crippen LogP contribution in [0.25, 0.3) is 0 Å². The van der Waals surface area contributed by atoms with E-state index in [0.717, 1.165) is 0 Å². The number of hydrogen-bond acceptors (Lipinski definition) is 6. The smallest absolute Gasteiger partial charge is 0.346 e. The van der Waals surface area contributed by atoms with Gasteiger partial charge in [-0.3, -0.25) is 4.79 Å². The van der Waals surface area contributed by atoms with Crippen LogP contribution < -0.4 is 14.9 Å². The molecule has 1 heterocycles. The Kier molecular flexibility index (Phi) is 6.03. The van der Waals surface area contributed by atoms with Crippen molar-refractivity contribution < 1.29 is 27.9 Å². The van der Waals surface area contributed by atoms with Gasteiger partial charge in [-0.15, -0.1) is 0 Å². The number of benzene rings is 2. The normalized spacial score (nSPS) is 10.7. The van der Waals surface area contributed by atoms with E-state index in [9.17, 15) is 14.0 Å². The van der Waals surface area contributed by atoms with E-state index in [1.54, 1.807) is 25.1 Å². The van der Waals surface area contributed by atoms with Crippen molar-refractivity contribution in [1.29, 1.82) is 0 Å². The molecule has 148 valence electrons. The highest BCUT2D eigenvalue weighted by molar-refractivity contribution is 5.95. The first-order valence-corrected chi connectivity index (χ1v) is 8.52. The number of halogens is 1. The number of nitrogens with zero attached hydrogens (tertiary/aromatic N) is 1. The maximum absolute atomic E-state index is 13.7. The average Bonchev–Trinajstić information content (AvgIpc) is 3.15. The summed E-state index contributed by atoms with van der Waals surface area (Å²) in [4.78, 5) is 24.2. The van der Waals surface area contributed by atoms with E-state index >= 15 is 0 Å². The summed E-state index contributed by atoms with van der Waals surface area (Å²) in [6, 6.07) is 11.7. The van der Waals surface area contributed by atoms with Crippen LogP contribution in [0, 0.1) is 12.7 Å². The van der Waals surface area contributed by atoms with E-state index < -0.39 is 17.7 Å². The Morgan fingerprint density at radius 1 is 1.10 bits per heavy atom. The van der Waals surface area contributed by atoms with E-state index in [1.165, 1.54) is 49.9 Å². The van der Waals surface area contributed by atoms with Crippen LogP contribution in [0.15, 0.2) is 64.3 Å². The largest absolute Gasteiger partial charge is 0.493 e. The van der Waals surface area contributed by atoms with Crippen molar-refractivity contribution in [3.8, 4) is 11.5 Å². The quantitative estimate of drug-likeness (QED) is 0.297. The summed E-state index contributed by atoms with van der Waals surface area (Å²) in [5.41, 5.74) is 3.17. The monoisotopic (exact) mass is 396 g/mol. The standard InChI is InChI=1S/C21H17FN2O5/c1-13-15(9-10-28-13)20(25)24-23-12-14-7-8-18(19(11-14)27-2)29-21(26)16-5-3-4-6-17(16)22/h3-12H,1-2H3,(H,24,25)/b23-12-. The van der Waals surface area contributed by atoms with Crippen molar-refractivity contribution >= 4 is 18.1 Å². The molecule has 0 saturated heterocycles. The fourth-order valence-corrected chi connectivity index (χ4v) is 2.48. The Morgan fingerprint density at radius 2 is 1.90 bits per heavy atom. The molecule has 0 unspecified atom stereocenters. The predicted molar refractivity (Wildman–Crippen MR) is 103 cm³/mol. The van der Waals surface area contributed by atoms with Gasteiger partial charge in [-0.1, -0.05) is 12.1 Å². The number of amides is 1. The second-order valence-corrected chi connectivity index (χ2v) is 5.87. The molecule has 8 heteroatoms. The molecule has 2 aromatic carbocycles. The minimum atomic E-state index is -0.842. The van der Waals surface area contributed by atoms with Crippen LogP contribution in [-0.4, -0.2) is 25.2 Å².